The van der Waals surface area contributed by atoms with Crippen LogP contribution in [0.3, 0.4) is 0 Å². The number of benzene rings is 1. The van der Waals surface area contributed by atoms with E-state index >= 15 is 0 Å². The van der Waals surface area contributed by atoms with Crippen molar-refractivity contribution < 1.29 is 21.6 Å². The van der Waals surface area contributed by atoms with Gasteiger partial charge >= 0.3 is 0 Å². The molecule has 0 radical (unpaired) electrons. The zero-order valence-corrected chi connectivity index (χ0v) is 12.2. The van der Waals surface area contributed by atoms with Crippen LogP contribution in [0.25, 0.3) is 5.65 Å². The van der Waals surface area contributed by atoms with Crippen LogP contribution in [-0.4, -0.2) is 23.0 Å². The van der Waals surface area contributed by atoms with E-state index in [1.165, 1.54) is 29.1 Å². The number of rotatable bonds is 4. The SMILES string of the molecule is O=S(=O)(Cc1cc(F)c(F)cc1F)Nc1ccc2nncn2c1. The van der Waals surface area contributed by atoms with E-state index in [1.54, 1.807) is 0 Å². The van der Waals surface area contributed by atoms with E-state index in [-0.39, 0.29) is 5.69 Å². The van der Waals surface area contributed by atoms with Crippen LogP contribution in [0.5, 0.6) is 0 Å². The second-order valence-corrected chi connectivity index (χ2v) is 6.46. The molecule has 0 unspecified atom stereocenters. The third kappa shape index (κ3) is 3.26. The molecule has 0 amide bonds. The van der Waals surface area contributed by atoms with Crippen molar-refractivity contribution in [3.8, 4) is 0 Å². The third-order valence-electron chi connectivity index (χ3n) is 3.00. The van der Waals surface area contributed by atoms with Crippen molar-refractivity contribution in [1.82, 2.24) is 14.6 Å². The van der Waals surface area contributed by atoms with Crippen molar-refractivity contribution in [2.45, 2.75) is 5.75 Å². The lowest BCUT2D eigenvalue weighted by atomic mass is 10.2. The third-order valence-corrected chi connectivity index (χ3v) is 4.24. The van der Waals surface area contributed by atoms with E-state index in [0.717, 1.165) is 0 Å². The molecule has 0 atom stereocenters. The predicted molar refractivity (Wildman–Crippen MR) is 75.5 cm³/mol. The molecule has 0 aliphatic heterocycles. The number of pyridine rings is 1. The maximum atomic E-state index is 13.5. The van der Waals surface area contributed by atoms with Crippen LogP contribution in [-0.2, 0) is 15.8 Å². The number of hydrogen-bond donors (Lipinski definition) is 1. The first-order valence-electron chi connectivity index (χ1n) is 6.27. The first-order chi connectivity index (χ1) is 10.8. The summed E-state index contributed by atoms with van der Waals surface area (Å²) in [5.74, 6) is -4.67. The standard InChI is InChI=1S/C13H9F3N4O2S/c14-10-4-12(16)11(15)3-8(10)6-23(21,22)19-9-1-2-13-18-17-7-20(13)5-9/h1-5,7,19H,6H2. The summed E-state index contributed by atoms with van der Waals surface area (Å²) in [5.41, 5.74) is 0.238. The molecule has 2 heterocycles. The molecule has 23 heavy (non-hydrogen) atoms. The number of nitrogens with zero attached hydrogens (tertiary/aromatic N) is 3. The van der Waals surface area contributed by atoms with Crippen LogP contribution < -0.4 is 4.72 Å². The first kappa shape index (κ1) is 15.3. The van der Waals surface area contributed by atoms with E-state index in [1.807, 2.05) is 0 Å². The van der Waals surface area contributed by atoms with E-state index in [4.69, 9.17) is 0 Å². The van der Waals surface area contributed by atoms with Gasteiger partial charge < -0.3 is 0 Å². The zero-order chi connectivity index (χ0) is 16.6. The van der Waals surface area contributed by atoms with Gasteiger partial charge in [0.15, 0.2) is 17.3 Å². The lowest BCUT2D eigenvalue weighted by Crippen LogP contribution is -2.16. The second-order valence-electron chi connectivity index (χ2n) is 4.73. The predicted octanol–water partition coefficient (Wildman–Crippen LogP) is 2.09. The van der Waals surface area contributed by atoms with Gasteiger partial charge in [-0.05, 0) is 18.2 Å². The summed E-state index contributed by atoms with van der Waals surface area (Å²) in [7, 11) is -4.02. The average molecular weight is 342 g/mol. The van der Waals surface area contributed by atoms with Gasteiger partial charge in [-0.15, -0.1) is 10.2 Å². The molecule has 1 aromatic carbocycles. The number of aromatic nitrogens is 3. The van der Waals surface area contributed by atoms with E-state index < -0.39 is 38.8 Å². The topological polar surface area (TPSA) is 76.4 Å². The Morgan fingerprint density at radius 3 is 2.61 bits per heavy atom. The van der Waals surface area contributed by atoms with Crippen molar-refractivity contribution >= 4 is 21.4 Å². The van der Waals surface area contributed by atoms with Crippen LogP contribution in [0.15, 0.2) is 36.8 Å². The average Bonchev–Trinajstić information content (AvgIpc) is 2.91. The van der Waals surface area contributed by atoms with Gasteiger partial charge in [-0.1, -0.05) is 0 Å². The quantitative estimate of drug-likeness (QED) is 0.737. The van der Waals surface area contributed by atoms with Gasteiger partial charge in [0.25, 0.3) is 0 Å². The Morgan fingerprint density at radius 1 is 1.09 bits per heavy atom. The van der Waals surface area contributed by atoms with Crippen LogP contribution in [0.4, 0.5) is 18.9 Å². The fourth-order valence-corrected chi connectivity index (χ4v) is 3.17. The molecule has 0 saturated carbocycles. The van der Waals surface area contributed by atoms with E-state index in [9.17, 15) is 21.6 Å². The van der Waals surface area contributed by atoms with Gasteiger partial charge in [0, 0.05) is 17.8 Å². The lowest BCUT2D eigenvalue weighted by molar-refractivity contribution is 0.491. The molecule has 0 fully saturated rings. The molecule has 0 saturated heterocycles. The summed E-state index contributed by atoms with van der Waals surface area (Å²) in [6.07, 6.45) is 2.80. The highest BCUT2D eigenvalue weighted by atomic mass is 32.2. The summed E-state index contributed by atoms with van der Waals surface area (Å²) in [5, 5.41) is 7.41. The Labute approximate surface area is 128 Å². The molecule has 1 N–H and O–H groups in total. The molecule has 3 rings (SSSR count). The van der Waals surface area contributed by atoms with Crippen molar-refractivity contribution in [2.24, 2.45) is 0 Å². The number of halogens is 3. The first-order valence-corrected chi connectivity index (χ1v) is 7.92. The Balaban J connectivity index is 1.85. The number of sulfonamides is 1. The van der Waals surface area contributed by atoms with Crippen LogP contribution in [0.2, 0.25) is 0 Å². The summed E-state index contributed by atoms with van der Waals surface area (Å²) in [6.45, 7) is 0. The number of hydrogen-bond acceptors (Lipinski definition) is 4. The Hall–Kier alpha value is -2.62. The molecule has 6 nitrogen and oxygen atoms in total. The maximum absolute atomic E-state index is 13.5. The molecule has 0 aliphatic rings. The normalized spacial score (nSPS) is 11.8. The second kappa shape index (κ2) is 5.54. The van der Waals surface area contributed by atoms with Crippen LogP contribution in [0.1, 0.15) is 5.56 Å². The Kier molecular flexibility index (Phi) is 3.68. The number of fused-ring (bicyclic) bond motifs is 1. The summed E-state index contributed by atoms with van der Waals surface area (Å²) in [6, 6.07) is 3.81. The fraction of sp³-hybridized carbons (Fsp3) is 0.0769. The van der Waals surface area contributed by atoms with Gasteiger partial charge in [0.05, 0.1) is 11.4 Å². The van der Waals surface area contributed by atoms with Gasteiger partial charge in [0.2, 0.25) is 10.0 Å². The van der Waals surface area contributed by atoms with Crippen LogP contribution in [0, 0.1) is 17.5 Å². The zero-order valence-electron chi connectivity index (χ0n) is 11.4. The van der Waals surface area contributed by atoms with Gasteiger partial charge in [-0.2, -0.15) is 0 Å². The molecule has 0 aliphatic carbocycles. The minimum absolute atomic E-state index is 0.195. The molecule has 10 heteroatoms. The highest BCUT2D eigenvalue weighted by molar-refractivity contribution is 7.91. The Morgan fingerprint density at radius 2 is 1.83 bits per heavy atom. The molecule has 0 spiro atoms. The molecule has 2 aromatic heterocycles. The van der Waals surface area contributed by atoms with Crippen molar-refractivity contribution in [2.75, 3.05) is 4.72 Å². The Bertz CT molecular complexity index is 988. The van der Waals surface area contributed by atoms with Crippen molar-refractivity contribution in [1.29, 1.82) is 0 Å². The largest absolute Gasteiger partial charge is 0.287 e. The highest BCUT2D eigenvalue weighted by Gasteiger charge is 2.18. The van der Waals surface area contributed by atoms with Gasteiger partial charge in [0.1, 0.15) is 12.1 Å². The highest BCUT2D eigenvalue weighted by Crippen LogP contribution is 2.18. The summed E-state index contributed by atoms with van der Waals surface area (Å²) < 4.78 is 67.4. The maximum Gasteiger partial charge on any atom is 0.237 e. The fourth-order valence-electron chi connectivity index (χ4n) is 1.98. The molecular formula is C13H9F3N4O2S. The summed E-state index contributed by atoms with van der Waals surface area (Å²) >= 11 is 0. The van der Waals surface area contributed by atoms with Crippen molar-refractivity contribution in [3.05, 3.63) is 59.8 Å². The molecular weight excluding hydrogens is 333 g/mol. The van der Waals surface area contributed by atoms with Gasteiger partial charge in [-0.25, -0.2) is 21.6 Å². The van der Waals surface area contributed by atoms with Crippen LogP contribution >= 0.6 is 0 Å². The lowest BCUT2D eigenvalue weighted by Gasteiger charge is -2.09. The smallest absolute Gasteiger partial charge is 0.237 e. The number of nitrogens with one attached hydrogen (secondary N) is 1. The summed E-state index contributed by atoms with van der Waals surface area (Å²) in [4.78, 5) is 0. The molecule has 0 bridgehead atoms. The monoisotopic (exact) mass is 342 g/mol. The molecule has 3 aromatic rings. The molecule has 120 valence electrons. The van der Waals surface area contributed by atoms with E-state index in [2.05, 4.69) is 14.9 Å². The minimum atomic E-state index is -4.02. The minimum Gasteiger partial charge on any atom is -0.287 e. The van der Waals surface area contributed by atoms with Crippen molar-refractivity contribution in [3.63, 3.8) is 0 Å². The van der Waals surface area contributed by atoms with E-state index in [0.29, 0.717) is 17.8 Å². The van der Waals surface area contributed by atoms with Gasteiger partial charge in [-0.3, -0.25) is 9.12 Å². The number of anilines is 1.